The first-order valence-electron chi connectivity index (χ1n) is 7.40. The van der Waals surface area contributed by atoms with E-state index in [0.29, 0.717) is 6.04 Å². The second-order valence-electron chi connectivity index (χ2n) is 5.53. The van der Waals surface area contributed by atoms with Gasteiger partial charge in [0.15, 0.2) is 0 Å². The highest BCUT2D eigenvalue weighted by atomic mass is 16.5. The molecule has 2 saturated heterocycles. The van der Waals surface area contributed by atoms with Crippen molar-refractivity contribution in [2.45, 2.75) is 51.6 Å². The molecule has 100 valence electrons. The van der Waals surface area contributed by atoms with Crippen LogP contribution >= 0.6 is 0 Å². The van der Waals surface area contributed by atoms with E-state index in [1.807, 2.05) is 0 Å². The van der Waals surface area contributed by atoms with Crippen molar-refractivity contribution in [2.24, 2.45) is 5.92 Å². The Morgan fingerprint density at radius 1 is 1.29 bits per heavy atom. The lowest BCUT2D eigenvalue weighted by molar-refractivity contribution is 0.0824. The molecule has 1 N–H and O–H groups in total. The van der Waals surface area contributed by atoms with E-state index >= 15 is 0 Å². The van der Waals surface area contributed by atoms with Gasteiger partial charge in [-0.2, -0.15) is 0 Å². The number of ether oxygens (including phenoxy) is 1. The third-order valence-corrected chi connectivity index (χ3v) is 4.37. The van der Waals surface area contributed by atoms with Crippen LogP contribution in [0, 0.1) is 5.92 Å². The topological polar surface area (TPSA) is 24.5 Å². The van der Waals surface area contributed by atoms with Gasteiger partial charge < -0.3 is 10.1 Å². The molecule has 0 radical (unpaired) electrons. The van der Waals surface area contributed by atoms with Crippen molar-refractivity contribution in [3.8, 4) is 0 Å². The Labute approximate surface area is 106 Å². The lowest BCUT2D eigenvalue weighted by Gasteiger charge is -2.41. The van der Waals surface area contributed by atoms with Gasteiger partial charge in [0.2, 0.25) is 0 Å². The molecular formula is C14H28N2O. The zero-order chi connectivity index (χ0) is 12.1. The van der Waals surface area contributed by atoms with Gasteiger partial charge in [0.1, 0.15) is 0 Å². The quantitative estimate of drug-likeness (QED) is 0.794. The average Bonchev–Trinajstić information content (AvgIpc) is 2.90. The van der Waals surface area contributed by atoms with Crippen LogP contribution in [0.15, 0.2) is 0 Å². The number of piperidine rings is 1. The highest BCUT2D eigenvalue weighted by molar-refractivity contribution is 4.88. The summed E-state index contributed by atoms with van der Waals surface area (Å²) in [6.45, 7) is 10.2. The summed E-state index contributed by atoms with van der Waals surface area (Å²) in [5.41, 5.74) is 0. The molecular weight excluding hydrogens is 212 g/mol. The van der Waals surface area contributed by atoms with Crippen molar-refractivity contribution in [3.05, 3.63) is 0 Å². The van der Waals surface area contributed by atoms with Crippen LogP contribution in [-0.4, -0.2) is 49.8 Å². The molecule has 3 atom stereocenters. The highest BCUT2D eigenvalue weighted by Gasteiger charge is 2.32. The Balaban J connectivity index is 1.83. The first kappa shape index (κ1) is 13.3. The van der Waals surface area contributed by atoms with Gasteiger partial charge in [0.25, 0.3) is 0 Å². The number of hydrogen-bond acceptors (Lipinski definition) is 3. The van der Waals surface area contributed by atoms with Gasteiger partial charge in [0, 0.05) is 31.8 Å². The van der Waals surface area contributed by atoms with Crippen LogP contribution in [0.1, 0.15) is 39.5 Å². The van der Waals surface area contributed by atoms with Crippen molar-refractivity contribution in [2.75, 3.05) is 32.8 Å². The monoisotopic (exact) mass is 240 g/mol. The molecule has 2 aliphatic heterocycles. The molecule has 0 aromatic heterocycles. The van der Waals surface area contributed by atoms with Crippen molar-refractivity contribution < 1.29 is 4.74 Å². The van der Waals surface area contributed by atoms with Crippen LogP contribution in [0.2, 0.25) is 0 Å². The fourth-order valence-corrected chi connectivity index (χ4v) is 3.21. The molecule has 0 bridgehead atoms. The van der Waals surface area contributed by atoms with Gasteiger partial charge in [-0.05, 0) is 31.7 Å². The second kappa shape index (κ2) is 6.72. The molecule has 0 saturated carbocycles. The van der Waals surface area contributed by atoms with Crippen LogP contribution in [0.3, 0.4) is 0 Å². The van der Waals surface area contributed by atoms with Crippen LogP contribution in [0.4, 0.5) is 0 Å². The summed E-state index contributed by atoms with van der Waals surface area (Å²) < 4.78 is 5.51. The molecule has 2 rings (SSSR count). The standard InChI is InChI=1S/C14H28N2O/c1-3-7-15-14-5-8-16(10-12(14)4-2)13-6-9-17-11-13/h12-15H,3-11H2,1-2H3. The molecule has 0 aliphatic carbocycles. The van der Waals surface area contributed by atoms with E-state index in [4.69, 9.17) is 4.74 Å². The fourth-order valence-electron chi connectivity index (χ4n) is 3.21. The maximum atomic E-state index is 5.51. The summed E-state index contributed by atoms with van der Waals surface area (Å²) >= 11 is 0. The van der Waals surface area contributed by atoms with Crippen molar-refractivity contribution in [3.63, 3.8) is 0 Å². The average molecular weight is 240 g/mol. The van der Waals surface area contributed by atoms with Gasteiger partial charge in [-0.1, -0.05) is 20.3 Å². The first-order valence-corrected chi connectivity index (χ1v) is 7.40. The number of nitrogens with zero attached hydrogens (tertiary/aromatic N) is 1. The lowest BCUT2D eigenvalue weighted by atomic mass is 9.89. The van der Waals surface area contributed by atoms with E-state index in [9.17, 15) is 0 Å². The minimum atomic E-state index is 0.705. The van der Waals surface area contributed by atoms with Crippen LogP contribution < -0.4 is 5.32 Å². The summed E-state index contributed by atoms with van der Waals surface area (Å²) in [5, 5.41) is 3.73. The van der Waals surface area contributed by atoms with Gasteiger partial charge in [-0.25, -0.2) is 0 Å². The van der Waals surface area contributed by atoms with E-state index in [1.165, 1.54) is 45.3 Å². The predicted octanol–water partition coefficient (Wildman–Crippen LogP) is 1.88. The molecule has 2 heterocycles. The number of rotatable bonds is 5. The summed E-state index contributed by atoms with van der Waals surface area (Å²) in [6.07, 6.45) is 5.09. The molecule has 3 heteroatoms. The molecule has 3 unspecified atom stereocenters. The Morgan fingerprint density at radius 3 is 2.82 bits per heavy atom. The summed E-state index contributed by atoms with van der Waals surface area (Å²) in [5.74, 6) is 0.830. The molecule has 0 amide bonds. The predicted molar refractivity (Wildman–Crippen MR) is 71.3 cm³/mol. The van der Waals surface area contributed by atoms with E-state index in [1.54, 1.807) is 0 Å². The fraction of sp³-hybridized carbons (Fsp3) is 1.00. The minimum Gasteiger partial charge on any atom is -0.380 e. The van der Waals surface area contributed by atoms with Crippen LogP contribution in [0.5, 0.6) is 0 Å². The van der Waals surface area contributed by atoms with E-state index in [0.717, 1.165) is 25.2 Å². The largest absolute Gasteiger partial charge is 0.380 e. The van der Waals surface area contributed by atoms with Gasteiger partial charge in [0.05, 0.1) is 6.61 Å². The zero-order valence-corrected chi connectivity index (χ0v) is 11.5. The van der Waals surface area contributed by atoms with E-state index in [2.05, 4.69) is 24.1 Å². The summed E-state index contributed by atoms with van der Waals surface area (Å²) in [4.78, 5) is 2.67. The molecule has 3 nitrogen and oxygen atoms in total. The second-order valence-corrected chi connectivity index (χ2v) is 5.53. The molecule has 0 aromatic carbocycles. The molecule has 0 spiro atoms. The Hall–Kier alpha value is -0.120. The van der Waals surface area contributed by atoms with Gasteiger partial charge in [-0.15, -0.1) is 0 Å². The Morgan fingerprint density at radius 2 is 2.18 bits per heavy atom. The van der Waals surface area contributed by atoms with Crippen LogP contribution in [0.25, 0.3) is 0 Å². The molecule has 2 fully saturated rings. The van der Waals surface area contributed by atoms with Crippen molar-refractivity contribution >= 4 is 0 Å². The Kier molecular flexibility index (Phi) is 5.26. The first-order chi connectivity index (χ1) is 8.35. The summed E-state index contributed by atoms with van der Waals surface area (Å²) in [7, 11) is 0. The van der Waals surface area contributed by atoms with Crippen LogP contribution in [-0.2, 0) is 4.74 Å². The SMILES string of the molecule is CCCNC1CCN(C2CCOC2)CC1CC. The van der Waals surface area contributed by atoms with Gasteiger partial charge in [-0.3, -0.25) is 4.90 Å². The van der Waals surface area contributed by atoms with Crippen molar-refractivity contribution in [1.29, 1.82) is 0 Å². The lowest BCUT2D eigenvalue weighted by Crippen LogP contribution is -2.52. The maximum absolute atomic E-state index is 5.51. The normalized spacial score (nSPS) is 35.3. The highest BCUT2D eigenvalue weighted by Crippen LogP contribution is 2.24. The minimum absolute atomic E-state index is 0.705. The number of likely N-dealkylation sites (tertiary alicyclic amines) is 1. The zero-order valence-electron chi connectivity index (χ0n) is 11.5. The number of nitrogens with one attached hydrogen (secondary N) is 1. The van der Waals surface area contributed by atoms with Gasteiger partial charge >= 0.3 is 0 Å². The third-order valence-electron chi connectivity index (χ3n) is 4.37. The number of hydrogen-bond donors (Lipinski definition) is 1. The molecule has 2 aliphatic rings. The molecule has 0 aromatic rings. The maximum Gasteiger partial charge on any atom is 0.0622 e. The van der Waals surface area contributed by atoms with E-state index in [-0.39, 0.29) is 0 Å². The smallest absolute Gasteiger partial charge is 0.0622 e. The van der Waals surface area contributed by atoms with E-state index < -0.39 is 0 Å². The third kappa shape index (κ3) is 3.43. The van der Waals surface area contributed by atoms with Crippen molar-refractivity contribution in [1.82, 2.24) is 10.2 Å². The summed E-state index contributed by atoms with van der Waals surface area (Å²) in [6, 6.07) is 1.45. The Bertz CT molecular complexity index is 216. The molecule has 17 heavy (non-hydrogen) atoms.